The van der Waals surface area contributed by atoms with Gasteiger partial charge in [-0.3, -0.25) is 9.59 Å². The molecule has 0 aromatic heterocycles. The number of hydrogen-bond donors (Lipinski definition) is 2. The number of carbonyl (C=O) groups excluding carboxylic acids is 2. The Hall–Kier alpha value is -3.52. The van der Waals surface area contributed by atoms with Crippen molar-refractivity contribution in [2.24, 2.45) is 5.10 Å². The van der Waals surface area contributed by atoms with E-state index in [9.17, 15) is 14.0 Å². The van der Waals surface area contributed by atoms with Crippen molar-refractivity contribution in [3.63, 3.8) is 0 Å². The smallest absolute Gasteiger partial charge is 0.329 e. The highest BCUT2D eigenvalue weighted by atomic mass is 79.9. The molecule has 0 radical (unpaired) electrons. The molecule has 8 heteroatoms. The Labute approximate surface area is 180 Å². The molecule has 0 fully saturated rings. The Morgan fingerprint density at radius 1 is 1.00 bits per heavy atom. The first-order chi connectivity index (χ1) is 14.5. The highest BCUT2D eigenvalue weighted by Crippen LogP contribution is 2.22. The maximum Gasteiger partial charge on any atom is 0.329 e. The van der Waals surface area contributed by atoms with E-state index >= 15 is 0 Å². The molecule has 0 spiro atoms. The Morgan fingerprint density at radius 3 is 2.47 bits per heavy atom. The van der Waals surface area contributed by atoms with Crippen LogP contribution in [0.5, 0.6) is 5.75 Å². The number of hydrogen-bond acceptors (Lipinski definition) is 4. The van der Waals surface area contributed by atoms with Crippen LogP contribution in [0.15, 0.2) is 82.4 Å². The molecule has 2 amide bonds. The van der Waals surface area contributed by atoms with Crippen LogP contribution in [0.2, 0.25) is 0 Å². The predicted molar refractivity (Wildman–Crippen MR) is 116 cm³/mol. The van der Waals surface area contributed by atoms with Crippen LogP contribution < -0.4 is 15.5 Å². The fraction of sp³-hybridized carbons (Fsp3) is 0.0455. The number of carbonyl (C=O) groups is 2. The number of anilines is 1. The number of rotatable bonds is 6. The monoisotopic (exact) mass is 469 g/mol. The first-order valence-electron chi connectivity index (χ1n) is 8.87. The van der Waals surface area contributed by atoms with Gasteiger partial charge in [0.05, 0.1) is 6.21 Å². The van der Waals surface area contributed by atoms with Crippen molar-refractivity contribution >= 4 is 39.6 Å². The number of amides is 2. The molecule has 0 aliphatic rings. The summed E-state index contributed by atoms with van der Waals surface area (Å²) in [5, 5.41) is 6.16. The van der Waals surface area contributed by atoms with Gasteiger partial charge in [0.2, 0.25) is 0 Å². The summed E-state index contributed by atoms with van der Waals surface area (Å²) in [6.45, 7) is 0.416. The van der Waals surface area contributed by atoms with E-state index in [1.54, 1.807) is 18.2 Å². The quantitative estimate of drug-likeness (QED) is 0.321. The van der Waals surface area contributed by atoms with Crippen LogP contribution in [0.3, 0.4) is 0 Å². The second kappa shape index (κ2) is 10.3. The largest absolute Gasteiger partial charge is 0.489 e. The Balaban J connectivity index is 1.56. The third-order valence-corrected chi connectivity index (χ3v) is 4.62. The van der Waals surface area contributed by atoms with Gasteiger partial charge in [0.1, 0.15) is 18.2 Å². The average molecular weight is 470 g/mol. The first-order valence-corrected chi connectivity index (χ1v) is 9.67. The van der Waals surface area contributed by atoms with E-state index in [-0.39, 0.29) is 0 Å². The third kappa shape index (κ3) is 6.25. The van der Waals surface area contributed by atoms with Gasteiger partial charge in [0.15, 0.2) is 0 Å². The van der Waals surface area contributed by atoms with E-state index < -0.39 is 17.6 Å². The summed E-state index contributed by atoms with van der Waals surface area (Å²) in [5.74, 6) is -1.69. The van der Waals surface area contributed by atoms with Crippen molar-refractivity contribution < 1.29 is 18.7 Å². The van der Waals surface area contributed by atoms with E-state index in [0.29, 0.717) is 23.6 Å². The predicted octanol–water partition coefficient (Wildman–Crippen LogP) is 4.26. The minimum absolute atomic E-state index is 0.298. The van der Waals surface area contributed by atoms with Crippen molar-refractivity contribution in [1.82, 2.24) is 5.43 Å². The molecule has 2 N–H and O–H groups in total. The van der Waals surface area contributed by atoms with Crippen molar-refractivity contribution in [2.75, 3.05) is 5.32 Å². The van der Waals surface area contributed by atoms with Crippen LogP contribution in [-0.4, -0.2) is 18.0 Å². The fourth-order valence-corrected chi connectivity index (χ4v) is 2.73. The molecular formula is C22H17BrFN3O3. The van der Waals surface area contributed by atoms with Crippen molar-refractivity contribution in [3.05, 3.63) is 94.2 Å². The van der Waals surface area contributed by atoms with Crippen LogP contribution >= 0.6 is 15.9 Å². The summed E-state index contributed by atoms with van der Waals surface area (Å²) in [5.41, 5.74) is 4.14. The van der Waals surface area contributed by atoms with Gasteiger partial charge < -0.3 is 10.1 Å². The van der Waals surface area contributed by atoms with Gasteiger partial charge in [-0.1, -0.05) is 46.3 Å². The van der Waals surface area contributed by atoms with E-state index in [4.69, 9.17) is 4.74 Å². The van der Waals surface area contributed by atoms with Crippen LogP contribution in [0.4, 0.5) is 10.1 Å². The Morgan fingerprint density at radius 2 is 1.73 bits per heavy atom. The lowest BCUT2D eigenvalue weighted by Crippen LogP contribution is -2.32. The third-order valence-electron chi connectivity index (χ3n) is 3.89. The lowest BCUT2D eigenvalue weighted by Gasteiger charge is -2.08. The molecule has 0 unspecified atom stereocenters. The molecule has 0 aliphatic carbocycles. The normalized spacial score (nSPS) is 10.6. The number of hydrazone groups is 1. The van der Waals surface area contributed by atoms with Crippen molar-refractivity contribution in [3.8, 4) is 5.75 Å². The van der Waals surface area contributed by atoms with Gasteiger partial charge >= 0.3 is 11.8 Å². The number of benzene rings is 3. The zero-order valence-corrected chi connectivity index (χ0v) is 17.2. The first kappa shape index (κ1) is 21.2. The summed E-state index contributed by atoms with van der Waals surface area (Å²) in [7, 11) is 0. The van der Waals surface area contributed by atoms with E-state index in [1.807, 2.05) is 30.3 Å². The van der Waals surface area contributed by atoms with Gasteiger partial charge in [0, 0.05) is 15.7 Å². The summed E-state index contributed by atoms with van der Waals surface area (Å²) in [6, 6.07) is 20.1. The molecule has 30 heavy (non-hydrogen) atoms. The number of halogens is 2. The molecular weight excluding hydrogens is 453 g/mol. The topological polar surface area (TPSA) is 79.8 Å². The molecule has 6 nitrogen and oxygen atoms in total. The highest BCUT2D eigenvalue weighted by molar-refractivity contribution is 9.10. The molecule has 152 valence electrons. The van der Waals surface area contributed by atoms with Gasteiger partial charge in [-0.2, -0.15) is 5.10 Å². The SMILES string of the molecule is O=C(N/N=C/c1cc(OCc2ccccc2)ccc1Br)C(=O)Nc1ccc(F)cc1. The molecule has 0 saturated heterocycles. The number of nitrogens with zero attached hydrogens (tertiary/aromatic N) is 1. The molecule has 0 bridgehead atoms. The van der Waals surface area contributed by atoms with Crippen molar-refractivity contribution in [1.29, 1.82) is 0 Å². The van der Waals surface area contributed by atoms with E-state index in [0.717, 1.165) is 10.0 Å². The minimum atomic E-state index is -0.955. The van der Waals surface area contributed by atoms with Crippen LogP contribution in [0.25, 0.3) is 0 Å². The molecule has 0 saturated carbocycles. The molecule has 0 atom stereocenters. The zero-order chi connectivity index (χ0) is 21.3. The van der Waals surface area contributed by atoms with Gasteiger partial charge in [-0.25, -0.2) is 9.82 Å². The zero-order valence-electron chi connectivity index (χ0n) is 15.6. The van der Waals surface area contributed by atoms with Crippen LogP contribution in [0.1, 0.15) is 11.1 Å². The molecule has 3 aromatic rings. The number of nitrogens with one attached hydrogen (secondary N) is 2. The van der Waals surface area contributed by atoms with Gasteiger partial charge in [0.25, 0.3) is 0 Å². The molecule has 0 aliphatic heterocycles. The fourth-order valence-electron chi connectivity index (χ4n) is 2.38. The van der Waals surface area contributed by atoms with E-state index in [1.165, 1.54) is 30.5 Å². The highest BCUT2D eigenvalue weighted by Gasteiger charge is 2.13. The van der Waals surface area contributed by atoms with E-state index in [2.05, 4.69) is 31.8 Å². The molecule has 0 heterocycles. The maximum atomic E-state index is 12.9. The summed E-state index contributed by atoms with van der Waals surface area (Å²) < 4.78 is 19.4. The minimum Gasteiger partial charge on any atom is -0.489 e. The molecule has 3 aromatic carbocycles. The second-order valence-electron chi connectivity index (χ2n) is 6.12. The second-order valence-corrected chi connectivity index (χ2v) is 6.97. The number of ether oxygens (including phenoxy) is 1. The van der Waals surface area contributed by atoms with Crippen molar-refractivity contribution in [2.45, 2.75) is 6.61 Å². The van der Waals surface area contributed by atoms with Gasteiger partial charge in [-0.05, 0) is 48.0 Å². The maximum absolute atomic E-state index is 12.9. The summed E-state index contributed by atoms with van der Waals surface area (Å²) >= 11 is 3.40. The van der Waals surface area contributed by atoms with Gasteiger partial charge in [-0.15, -0.1) is 0 Å². The Bertz CT molecular complexity index is 1060. The summed E-state index contributed by atoms with van der Waals surface area (Å²) in [4.78, 5) is 23.7. The standard InChI is InChI=1S/C22H17BrFN3O3/c23-20-11-10-19(30-14-15-4-2-1-3-5-15)12-16(20)13-25-27-22(29)21(28)26-18-8-6-17(24)7-9-18/h1-13H,14H2,(H,26,28)(H,27,29)/b25-13+. The Kier molecular flexibility index (Phi) is 7.29. The summed E-state index contributed by atoms with van der Waals surface area (Å²) in [6.07, 6.45) is 1.39. The average Bonchev–Trinajstić information content (AvgIpc) is 2.76. The van der Waals surface area contributed by atoms with Crippen LogP contribution in [0, 0.1) is 5.82 Å². The lowest BCUT2D eigenvalue weighted by atomic mass is 10.2. The lowest BCUT2D eigenvalue weighted by molar-refractivity contribution is -0.136. The van der Waals surface area contributed by atoms with Crippen LogP contribution in [-0.2, 0) is 16.2 Å². The molecule has 3 rings (SSSR count).